The highest BCUT2D eigenvalue weighted by atomic mass is 14.9. The van der Waals surface area contributed by atoms with Gasteiger partial charge in [-0.25, -0.2) is 0 Å². The monoisotopic (exact) mass is 129 g/mol. The zero-order chi connectivity index (χ0) is 7.49. The van der Waals surface area contributed by atoms with Crippen LogP contribution in [0.5, 0.6) is 0 Å². The molecule has 0 unspecified atom stereocenters. The van der Waals surface area contributed by atoms with E-state index >= 15 is 0 Å². The van der Waals surface area contributed by atoms with Crippen LogP contribution in [0.1, 0.15) is 34.6 Å². The highest BCUT2D eigenvalue weighted by molar-refractivity contribution is 4.74. The molecule has 0 saturated heterocycles. The molecule has 0 rings (SSSR count). The van der Waals surface area contributed by atoms with Crippen molar-refractivity contribution in [2.45, 2.75) is 40.7 Å². The highest BCUT2D eigenvalue weighted by Crippen LogP contribution is 2.17. The predicted octanol–water partition coefficient (Wildman–Crippen LogP) is 2.03. The van der Waals surface area contributed by atoms with Gasteiger partial charge in [-0.1, -0.05) is 27.7 Å². The Morgan fingerprint density at radius 3 is 1.89 bits per heavy atom. The van der Waals surface area contributed by atoms with E-state index in [-0.39, 0.29) is 0 Å². The minimum atomic E-state index is 0.399. The van der Waals surface area contributed by atoms with Gasteiger partial charge < -0.3 is 5.32 Å². The van der Waals surface area contributed by atoms with Crippen molar-refractivity contribution in [2.24, 2.45) is 5.41 Å². The summed E-state index contributed by atoms with van der Waals surface area (Å²) in [5.41, 5.74) is 0.399. The third-order valence-corrected chi connectivity index (χ3v) is 1.81. The van der Waals surface area contributed by atoms with Crippen LogP contribution in [0.2, 0.25) is 0 Å². The molecular formula is C8H19N. The summed E-state index contributed by atoms with van der Waals surface area (Å²) in [6, 6.07) is 0.613. The van der Waals surface area contributed by atoms with Crippen LogP contribution >= 0.6 is 0 Å². The summed E-state index contributed by atoms with van der Waals surface area (Å²) in [5, 5.41) is 3.39. The average molecular weight is 129 g/mol. The van der Waals surface area contributed by atoms with Gasteiger partial charge in [0.2, 0.25) is 0 Å². The molecule has 0 spiro atoms. The van der Waals surface area contributed by atoms with Crippen molar-refractivity contribution in [1.29, 1.82) is 0 Å². The Balaban J connectivity index is 3.59. The fourth-order valence-corrected chi connectivity index (χ4v) is 0.612. The van der Waals surface area contributed by atoms with Crippen LogP contribution in [0, 0.1) is 5.41 Å². The summed E-state index contributed by atoms with van der Waals surface area (Å²) in [5.74, 6) is 0. The quantitative estimate of drug-likeness (QED) is 0.601. The molecule has 9 heavy (non-hydrogen) atoms. The normalized spacial score (nSPS) is 15.7. The molecule has 0 fully saturated rings. The van der Waals surface area contributed by atoms with E-state index in [4.69, 9.17) is 0 Å². The van der Waals surface area contributed by atoms with Crippen LogP contribution < -0.4 is 5.32 Å². The lowest BCUT2D eigenvalue weighted by molar-refractivity contribution is 0.291. The van der Waals surface area contributed by atoms with Gasteiger partial charge in [0.15, 0.2) is 0 Å². The van der Waals surface area contributed by atoms with Gasteiger partial charge >= 0.3 is 0 Å². The number of rotatable bonds is 2. The molecule has 0 aromatic carbocycles. The fourth-order valence-electron chi connectivity index (χ4n) is 0.612. The largest absolute Gasteiger partial charge is 0.314 e. The number of nitrogens with one attached hydrogen (secondary N) is 1. The van der Waals surface area contributed by atoms with E-state index < -0.39 is 0 Å². The van der Waals surface area contributed by atoms with Crippen molar-refractivity contribution >= 4 is 0 Å². The van der Waals surface area contributed by atoms with E-state index in [0.717, 1.165) is 6.54 Å². The Morgan fingerprint density at radius 1 is 1.33 bits per heavy atom. The second kappa shape index (κ2) is 3.21. The third kappa shape index (κ3) is 3.52. The number of hydrogen-bond donors (Lipinski definition) is 1. The second-order valence-corrected chi connectivity index (χ2v) is 3.65. The van der Waals surface area contributed by atoms with Crippen molar-refractivity contribution in [3.05, 3.63) is 0 Å². The van der Waals surface area contributed by atoms with Gasteiger partial charge in [-0.15, -0.1) is 0 Å². The Kier molecular flexibility index (Phi) is 3.20. The molecule has 56 valence electrons. The number of hydrogen-bond acceptors (Lipinski definition) is 1. The summed E-state index contributed by atoms with van der Waals surface area (Å²) >= 11 is 0. The van der Waals surface area contributed by atoms with Gasteiger partial charge in [0.1, 0.15) is 0 Å². The molecule has 1 atom stereocenters. The van der Waals surface area contributed by atoms with Crippen LogP contribution in [0.3, 0.4) is 0 Å². The second-order valence-electron chi connectivity index (χ2n) is 3.65. The first-order valence-corrected chi connectivity index (χ1v) is 3.72. The highest BCUT2D eigenvalue weighted by Gasteiger charge is 2.17. The molecule has 0 aliphatic rings. The third-order valence-electron chi connectivity index (χ3n) is 1.81. The standard InChI is InChI=1S/C8H19N/c1-6-9-7(2)8(3,4)5/h7,9H,6H2,1-5H3/t7-/m0/s1. The molecule has 0 saturated carbocycles. The summed E-state index contributed by atoms with van der Waals surface area (Å²) in [6.45, 7) is 12.2. The molecule has 0 amide bonds. The molecule has 0 aromatic heterocycles. The van der Waals surface area contributed by atoms with Crippen LogP contribution in [-0.2, 0) is 0 Å². The van der Waals surface area contributed by atoms with Gasteiger partial charge in [-0.2, -0.15) is 0 Å². The van der Waals surface area contributed by atoms with Gasteiger partial charge in [0.25, 0.3) is 0 Å². The first-order chi connectivity index (χ1) is 3.98. The lowest BCUT2D eigenvalue weighted by atomic mass is 9.88. The van der Waals surface area contributed by atoms with E-state index in [0.29, 0.717) is 11.5 Å². The fraction of sp³-hybridized carbons (Fsp3) is 1.00. The molecule has 0 aromatic rings. The van der Waals surface area contributed by atoms with Gasteiger partial charge in [-0.05, 0) is 18.9 Å². The lowest BCUT2D eigenvalue weighted by Gasteiger charge is -2.27. The van der Waals surface area contributed by atoms with Gasteiger partial charge in [0, 0.05) is 6.04 Å². The van der Waals surface area contributed by atoms with Crippen LogP contribution in [0.25, 0.3) is 0 Å². The first kappa shape index (κ1) is 8.96. The van der Waals surface area contributed by atoms with E-state index in [1.54, 1.807) is 0 Å². The minimum Gasteiger partial charge on any atom is -0.314 e. The van der Waals surface area contributed by atoms with E-state index in [9.17, 15) is 0 Å². The molecule has 1 N–H and O–H groups in total. The molecule has 1 nitrogen and oxygen atoms in total. The summed E-state index contributed by atoms with van der Waals surface area (Å²) in [6.07, 6.45) is 0. The van der Waals surface area contributed by atoms with Crippen LogP contribution in [0.4, 0.5) is 0 Å². The summed E-state index contributed by atoms with van der Waals surface area (Å²) in [7, 11) is 0. The van der Waals surface area contributed by atoms with Crippen LogP contribution in [0.15, 0.2) is 0 Å². The maximum Gasteiger partial charge on any atom is 0.00871 e. The Bertz CT molecular complexity index is 71.1. The van der Waals surface area contributed by atoms with Gasteiger partial charge in [0.05, 0.1) is 0 Å². The zero-order valence-electron chi connectivity index (χ0n) is 7.28. The summed E-state index contributed by atoms with van der Waals surface area (Å²) in [4.78, 5) is 0. The summed E-state index contributed by atoms with van der Waals surface area (Å²) < 4.78 is 0. The molecular weight excluding hydrogens is 110 g/mol. The van der Waals surface area contributed by atoms with E-state index in [2.05, 4.69) is 39.9 Å². The Morgan fingerprint density at radius 2 is 1.78 bits per heavy atom. The topological polar surface area (TPSA) is 12.0 Å². The molecule has 0 aliphatic heterocycles. The van der Waals surface area contributed by atoms with Crippen molar-refractivity contribution in [1.82, 2.24) is 5.32 Å². The minimum absolute atomic E-state index is 0.399. The molecule has 0 radical (unpaired) electrons. The van der Waals surface area contributed by atoms with Crippen molar-refractivity contribution in [2.75, 3.05) is 6.54 Å². The van der Waals surface area contributed by atoms with Crippen molar-refractivity contribution in [3.63, 3.8) is 0 Å². The van der Waals surface area contributed by atoms with Crippen molar-refractivity contribution in [3.8, 4) is 0 Å². The maximum atomic E-state index is 3.39. The maximum absolute atomic E-state index is 3.39. The molecule has 0 heterocycles. The molecule has 1 heteroatoms. The molecule has 0 bridgehead atoms. The van der Waals surface area contributed by atoms with Crippen molar-refractivity contribution < 1.29 is 0 Å². The lowest BCUT2D eigenvalue weighted by Crippen LogP contribution is -2.37. The zero-order valence-corrected chi connectivity index (χ0v) is 7.28. The Labute approximate surface area is 58.8 Å². The predicted molar refractivity (Wildman–Crippen MR) is 42.6 cm³/mol. The first-order valence-electron chi connectivity index (χ1n) is 3.72. The van der Waals surface area contributed by atoms with E-state index in [1.165, 1.54) is 0 Å². The Hall–Kier alpha value is -0.0400. The SMILES string of the molecule is CCN[C@@H](C)C(C)(C)C. The van der Waals surface area contributed by atoms with Crippen LogP contribution in [-0.4, -0.2) is 12.6 Å². The smallest absolute Gasteiger partial charge is 0.00871 e. The average Bonchev–Trinajstić information content (AvgIpc) is 1.64. The molecule has 0 aliphatic carbocycles. The van der Waals surface area contributed by atoms with E-state index in [1.807, 2.05) is 0 Å². The van der Waals surface area contributed by atoms with Gasteiger partial charge in [-0.3, -0.25) is 0 Å².